The third kappa shape index (κ3) is 4.00. The van der Waals surface area contributed by atoms with Gasteiger partial charge in [0.05, 0.1) is 16.4 Å². The van der Waals surface area contributed by atoms with Crippen LogP contribution in [0.4, 0.5) is 5.69 Å². The molecule has 0 saturated heterocycles. The highest BCUT2D eigenvalue weighted by Gasteiger charge is 2.13. The molecule has 0 fully saturated rings. The fourth-order valence-electron chi connectivity index (χ4n) is 3.04. The number of carbonyl (C=O) groups excluding carboxylic acids is 1. The van der Waals surface area contributed by atoms with E-state index in [2.05, 4.69) is 29.4 Å². The van der Waals surface area contributed by atoms with E-state index in [4.69, 9.17) is 11.6 Å². The normalized spacial score (nSPS) is 11.2. The van der Waals surface area contributed by atoms with Gasteiger partial charge in [-0.1, -0.05) is 55.3 Å². The number of anilines is 1. The summed E-state index contributed by atoms with van der Waals surface area (Å²) in [4.78, 5) is 14.2. The second-order valence-corrected chi connectivity index (χ2v) is 7.78. The molecule has 1 N–H and O–H groups in total. The van der Waals surface area contributed by atoms with E-state index in [1.54, 1.807) is 16.9 Å². The van der Waals surface area contributed by atoms with Crippen molar-refractivity contribution in [2.24, 2.45) is 0 Å². The van der Waals surface area contributed by atoms with Crippen LogP contribution in [0.5, 0.6) is 0 Å². The smallest absolute Gasteiger partial charge is 0.255 e. The van der Waals surface area contributed by atoms with Gasteiger partial charge in [-0.05, 0) is 54.8 Å². The third-order valence-corrected chi connectivity index (χ3v) is 5.13. The Kier molecular flexibility index (Phi) is 5.07. The highest BCUT2D eigenvalue weighted by molar-refractivity contribution is 6.34. The van der Waals surface area contributed by atoms with Crippen LogP contribution < -0.4 is 5.32 Å². The minimum atomic E-state index is -0.215. The lowest BCUT2D eigenvalue weighted by molar-refractivity contribution is 0.102. The van der Waals surface area contributed by atoms with Crippen LogP contribution in [0.25, 0.3) is 16.7 Å². The number of hydrogen-bond acceptors (Lipinski definition) is 3. The monoisotopic (exact) mass is 404 g/mol. The number of nitrogens with zero attached hydrogens (tertiary/aromatic N) is 3. The first kappa shape index (κ1) is 19.2. The Balaban J connectivity index is 1.61. The van der Waals surface area contributed by atoms with Crippen LogP contribution in [-0.2, 0) is 0 Å². The van der Waals surface area contributed by atoms with Gasteiger partial charge in [-0.25, -0.2) is 0 Å². The predicted octanol–water partition coefficient (Wildman–Crippen LogP) is 5.76. The van der Waals surface area contributed by atoms with Gasteiger partial charge in [-0.2, -0.15) is 4.80 Å². The maximum absolute atomic E-state index is 12.6. The average Bonchev–Trinajstić information content (AvgIpc) is 3.11. The van der Waals surface area contributed by atoms with E-state index in [1.807, 2.05) is 55.5 Å². The molecular weight excluding hydrogens is 384 g/mol. The lowest BCUT2D eigenvalue weighted by atomic mass is 10.0. The van der Waals surface area contributed by atoms with Crippen molar-refractivity contribution >= 4 is 34.2 Å². The topological polar surface area (TPSA) is 59.8 Å². The van der Waals surface area contributed by atoms with Crippen molar-refractivity contribution in [2.75, 3.05) is 5.32 Å². The molecule has 4 rings (SSSR count). The number of hydrogen-bond donors (Lipinski definition) is 1. The fourth-order valence-corrected chi connectivity index (χ4v) is 3.25. The minimum absolute atomic E-state index is 0.215. The van der Waals surface area contributed by atoms with Crippen molar-refractivity contribution in [2.45, 2.75) is 26.7 Å². The van der Waals surface area contributed by atoms with E-state index < -0.39 is 0 Å². The quantitative estimate of drug-likeness (QED) is 0.470. The molecular formula is C23H21ClN4O. The van der Waals surface area contributed by atoms with Crippen LogP contribution in [0, 0.1) is 6.92 Å². The van der Waals surface area contributed by atoms with Crippen molar-refractivity contribution < 1.29 is 4.79 Å². The fraction of sp³-hybridized carbons (Fsp3) is 0.174. The number of amides is 1. The van der Waals surface area contributed by atoms with Crippen molar-refractivity contribution in [1.82, 2.24) is 15.0 Å². The Morgan fingerprint density at radius 1 is 0.966 bits per heavy atom. The number of benzene rings is 3. The highest BCUT2D eigenvalue weighted by atomic mass is 35.5. The van der Waals surface area contributed by atoms with Crippen LogP contribution in [0.15, 0.2) is 60.7 Å². The van der Waals surface area contributed by atoms with Gasteiger partial charge in [0.25, 0.3) is 5.91 Å². The van der Waals surface area contributed by atoms with Crippen molar-refractivity contribution in [1.29, 1.82) is 0 Å². The van der Waals surface area contributed by atoms with Gasteiger partial charge in [0.1, 0.15) is 11.0 Å². The largest absolute Gasteiger partial charge is 0.321 e. The van der Waals surface area contributed by atoms with Gasteiger partial charge in [0.15, 0.2) is 0 Å². The predicted molar refractivity (Wildman–Crippen MR) is 117 cm³/mol. The van der Waals surface area contributed by atoms with E-state index in [0.29, 0.717) is 33.2 Å². The summed E-state index contributed by atoms with van der Waals surface area (Å²) in [6.45, 7) is 6.27. The van der Waals surface area contributed by atoms with Gasteiger partial charge in [0, 0.05) is 5.56 Å². The molecule has 0 aliphatic carbocycles. The van der Waals surface area contributed by atoms with Crippen LogP contribution >= 0.6 is 11.6 Å². The van der Waals surface area contributed by atoms with Crippen LogP contribution in [0.1, 0.15) is 41.3 Å². The molecule has 29 heavy (non-hydrogen) atoms. The number of rotatable bonds is 4. The summed E-state index contributed by atoms with van der Waals surface area (Å²) < 4.78 is 0. The summed E-state index contributed by atoms with van der Waals surface area (Å²) in [5, 5.41) is 12.3. The molecule has 0 aliphatic rings. The van der Waals surface area contributed by atoms with Gasteiger partial charge in [0.2, 0.25) is 0 Å². The van der Waals surface area contributed by atoms with Crippen LogP contribution in [0.3, 0.4) is 0 Å². The Hall–Kier alpha value is -3.18. The van der Waals surface area contributed by atoms with Gasteiger partial charge in [-0.15, -0.1) is 10.2 Å². The lowest BCUT2D eigenvalue weighted by Crippen LogP contribution is -2.12. The molecule has 0 aliphatic heterocycles. The van der Waals surface area contributed by atoms with E-state index in [9.17, 15) is 4.79 Å². The molecule has 146 valence electrons. The van der Waals surface area contributed by atoms with Crippen molar-refractivity contribution in [3.63, 3.8) is 0 Å². The summed E-state index contributed by atoms with van der Waals surface area (Å²) >= 11 is 6.39. The Bertz CT molecular complexity index is 1180. The molecule has 0 saturated carbocycles. The minimum Gasteiger partial charge on any atom is -0.321 e. The summed E-state index contributed by atoms with van der Waals surface area (Å²) in [6, 6.07) is 19.0. The molecule has 1 heterocycles. The van der Waals surface area contributed by atoms with E-state index in [1.165, 1.54) is 11.1 Å². The van der Waals surface area contributed by atoms with Crippen molar-refractivity contribution in [3.05, 3.63) is 82.4 Å². The summed E-state index contributed by atoms with van der Waals surface area (Å²) in [7, 11) is 0. The number of aromatic nitrogens is 3. The zero-order valence-electron chi connectivity index (χ0n) is 16.5. The molecule has 3 aromatic carbocycles. The maximum atomic E-state index is 12.6. The zero-order chi connectivity index (χ0) is 20.5. The van der Waals surface area contributed by atoms with Gasteiger partial charge < -0.3 is 5.32 Å². The summed E-state index contributed by atoms with van der Waals surface area (Å²) in [5.74, 6) is 0.201. The second-order valence-electron chi connectivity index (χ2n) is 7.38. The average molecular weight is 405 g/mol. The first-order valence-corrected chi connectivity index (χ1v) is 9.83. The highest BCUT2D eigenvalue weighted by Crippen LogP contribution is 2.27. The SMILES string of the molecule is Cc1ccc(-n2nc3cc(Cl)c(NC(=O)c4ccc(C(C)C)cc4)cc3n2)cc1. The molecule has 5 nitrogen and oxygen atoms in total. The molecule has 0 spiro atoms. The molecule has 0 radical (unpaired) electrons. The molecule has 4 aromatic rings. The number of carbonyl (C=O) groups is 1. The molecule has 0 bridgehead atoms. The summed E-state index contributed by atoms with van der Waals surface area (Å²) in [6.07, 6.45) is 0. The first-order chi connectivity index (χ1) is 13.9. The van der Waals surface area contributed by atoms with E-state index in [-0.39, 0.29) is 5.91 Å². The number of fused-ring (bicyclic) bond motifs is 1. The molecule has 0 atom stereocenters. The molecule has 1 aromatic heterocycles. The first-order valence-electron chi connectivity index (χ1n) is 9.45. The molecule has 6 heteroatoms. The Labute approximate surface area is 174 Å². The van der Waals surface area contributed by atoms with Crippen LogP contribution in [0.2, 0.25) is 5.02 Å². The Morgan fingerprint density at radius 2 is 1.59 bits per heavy atom. The summed E-state index contributed by atoms with van der Waals surface area (Å²) in [5.41, 5.74) is 5.62. The van der Waals surface area contributed by atoms with Gasteiger partial charge >= 0.3 is 0 Å². The maximum Gasteiger partial charge on any atom is 0.255 e. The number of aryl methyl sites for hydroxylation is 1. The van der Waals surface area contributed by atoms with E-state index >= 15 is 0 Å². The second kappa shape index (κ2) is 7.68. The standard InChI is InChI=1S/C23H21ClN4O/c1-14(2)16-6-8-17(9-7-16)23(29)25-20-13-22-21(12-19(20)24)26-28(27-22)18-10-4-15(3)5-11-18/h4-14H,1-3H3,(H,25,29). The lowest BCUT2D eigenvalue weighted by Gasteiger charge is -2.09. The third-order valence-electron chi connectivity index (χ3n) is 4.82. The van der Waals surface area contributed by atoms with Crippen molar-refractivity contribution in [3.8, 4) is 5.69 Å². The molecule has 1 amide bonds. The number of halogens is 1. The van der Waals surface area contributed by atoms with Crippen LogP contribution in [-0.4, -0.2) is 20.9 Å². The number of nitrogens with one attached hydrogen (secondary N) is 1. The Morgan fingerprint density at radius 3 is 2.21 bits per heavy atom. The van der Waals surface area contributed by atoms with Gasteiger partial charge in [-0.3, -0.25) is 4.79 Å². The molecule has 0 unspecified atom stereocenters. The van der Waals surface area contributed by atoms with E-state index in [0.717, 1.165) is 5.69 Å². The zero-order valence-corrected chi connectivity index (χ0v) is 17.2.